The Morgan fingerprint density at radius 2 is 2.20 bits per heavy atom. The summed E-state index contributed by atoms with van der Waals surface area (Å²) in [6.07, 6.45) is -0.365. The average molecular weight is 281 g/mol. The van der Waals surface area contributed by atoms with E-state index in [1.165, 1.54) is 24.1 Å². The summed E-state index contributed by atoms with van der Waals surface area (Å²) in [7, 11) is 0. The summed E-state index contributed by atoms with van der Waals surface area (Å²) in [6.45, 7) is 1.02. The number of rotatable bonds is 2. The lowest BCUT2D eigenvalue weighted by atomic mass is 9.96. The smallest absolute Gasteiger partial charge is 0.168 e. The van der Waals surface area contributed by atoms with Crippen molar-refractivity contribution in [3.05, 3.63) is 12.7 Å². The van der Waals surface area contributed by atoms with Crippen LogP contribution in [0.15, 0.2) is 12.7 Å². The van der Waals surface area contributed by atoms with Crippen LogP contribution in [0.2, 0.25) is 0 Å². The molecule has 1 saturated heterocycles. The molecule has 0 aromatic carbocycles. The Kier molecular flexibility index (Phi) is 2.87. The van der Waals surface area contributed by atoms with Gasteiger partial charge in [-0.15, -0.1) is 0 Å². The third kappa shape index (κ3) is 1.68. The molecule has 0 aliphatic carbocycles. The Morgan fingerprint density at radius 3 is 2.85 bits per heavy atom. The van der Waals surface area contributed by atoms with E-state index in [0.29, 0.717) is 11.2 Å². The van der Waals surface area contributed by atoms with Crippen LogP contribution in [0.1, 0.15) is 13.2 Å². The Balaban J connectivity index is 2.10. The fourth-order valence-corrected chi connectivity index (χ4v) is 2.43. The Hall–Kier alpha value is -1.81. The van der Waals surface area contributed by atoms with E-state index in [9.17, 15) is 15.3 Å². The van der Waals surface area contributed by atoms with Gasteiger partial charge in [-0.05, 0) is 6.92 Å². The van der Waals surface area contributed by atoms with Crippen molar-refractivity contribution in [1.82, 2.24) is 19.5 Å². The first-order valence-corrected chi connectivity index (χ1v) is 6.06. The fraction of sp³-hybridized carbons (Fsp3) is 0.545. The lowest BCUT2D eigenvalue weighted by Gasteiger charge is -2.27. The standard InChI is InChI=1S/C11H15N5O4/c1-11(19)7(18)5(2-17)20-10(11)16-4-15-6-8(12)13-3-14-9(6)16/h3-5,7,10,17-19H,2H2,1H3,(H2,12,13,14)/t5-,7?,10-,11?/m1/s1. The van der Waals surface area contributed by atoms with Crippen LogP contribution in [0, 0.1) is 0 Å². The summed E-state index contributed by atoms with van der Waals surface area (Å²) in [5, 5.41) is 29.6. The predicted molar refractivity (Wildman–Crippen MR) is 67.4 cm³/mol. The zero-order chi connectivity index (χ0) is 14.5. The molecule has 0 spiro atoms. The molecule has 9 heteroatoms. The first-order chi connectivity index (χ1) is 9.46. The van der Waals surface area contributed by atoms with Crippen LogP contribution in [0.5, 0.6) is 0 Å². The number of aliphatic hydroxyl groups is 3. The van der Waals surface area contributed by atoms with E-state index < -0.39 is 30.6 Å². The largest absolute Gasteiger partial charge is 0.394 e. The molecular formula is C11H15N5O4. The van der Waals surface area contributed by atoms with Crippen LogP contribution in [0.4, 0.5) is 5.82 Å². The molecule has 0 radical (unpaired) electrons. The SMILES string of the molecule is CC1(O)C(O)[C@@H](CO)O[C@H]1n1cnc2c(N)ncnc21. The van der Waals surface area contributed by atoms with Crippen molar-refractivity contribution in [1.29, 1.82) is 0 Å². The van der Waals surface area contributed by atoms with Gasteiger partial charge in [0.15, 0.2) is 17.7 Å². The second-order valence-corrected chi connectivity index (χ2v) is 4.96. The van der Waals surface area contributed by atoms with E-state index in [1.54, 1.807) is 0 Å². The van der Waals surface area contributed by atoms with Gasteiger partial charge >= 0.3 is 0 Å². The van der Waals surface area contributed by atoms with Gasteiger partial charge in [0, 0.05) is 0 Å². The maximum absolute atomic E-state index is 10.4. The number of anilines is 1. The van der Waals surface area contributed by atoms with Crippen molar-refractivity contribution < 1.29 is 20.1 Å². The van der Waals surface area contributed by atoms with Crippen LogP contribution in [0.25, 0.3) is 11.2 Å². The van der Waals surface area contributed by atoms with Crippen molar-refractivity contribution in [2.45, 2.75) is 31.0 Å². The molecule has 0 amide bonds. The van der Waals surface area contributed by atoms with Gasteiger partial charge in [-0.3, -0.25) is 4.57 Å². The number of nitrogens with zero attached hydrogens (tertiary/aromatic N) is 4. The number of aliphatic hydroxyl groups excluding tert-OH is 2. The second kappa shape index (κ2) is 4.35. The Labute approximate surface area is 113 Å². The quantitative estimate of drug-likeness (QED) is 0.516. The van der Waals surface area contributed by atoms with Crippen molar-refractivity contribution in [3.63, 3.8) is 0 Å². The average Bonchev–Trinajstić information content (AvgIpc) is 2.92. The molecule has 2 aromatic heterocycles. The molecule has 2 aromatic rings. The molecule has 3 rings (SSSR count). The molecule has 2 unspecified atom stereocenters. The summed E-state index contributed by atoms with van der Waals surface area (Å²) in [5.74, 6) is 0.214. The van der Waals surface area contributed by atoms with Gasteiger partial charge in [-0.1, -0.05) is 0 Å². The normalized spacial score (nSPS) is 33.9. The summed E-state index contributed by atoms with van der Waals surface area (Å²) in [6, 6.07) is 0. The monoisotopic (exact) mass is 281 g/mol. The molecule has 1 aliphatic rings. The number of fused-ring (bicyclic) bond motifs is 1. The number of nitrogens with two attached hydrogens (primary N) is 1. The minimum atomic E-state index is -1.60. The number of hydrogen-bond acceptors (Lipinski definition) is 8. The fourth-order valence-electron chi connectivity index (χ4n) is 2.43. The molecule has 1 aliphatic heterocycles. The van der Waals surface area contributed by atoms with Gasteiger partial charge < -0.3 is 25.8 Å². The highest BCUT2D eigenvalue weighted by atomic mass is 16.6. The third-order valence-corrected chi connectivity index (χ3v) is 3.57. The Bertz CT molecular complexity index is 643. The topological polar surface area (TPSA) is 140 Å². The molecular weight excluding hydrogens is 266 g/mol. The van der Waals surface area contributed by atoms with Gasteiger partial charge in [-0.2, -0.15) is 0 Å². The number of nitrogen functional groups attached to an aromatic ring is 1. The maximum atomic E-state index is 10.4. The van der Waals surface area contributed by atoms with Crippen molar-refractivity contribution in [3.8, 4) is 0 Å². The highest BCUT2D eigenvalue weighted by Gasteiger charge is 2.53. The predicted octanol–water partition coefficient (Wildman–Crippen LogP) is -1.59. The second-order valence-electron chi connectivity index (χ2n) is 4.96. The van der Waals surface area contributed by atoms with Crippen LogP contribution < -0.4 is 5.73 Å². The van der Waals surface area contributed by atoms with Crippen LogP contribution in [-0.2, 0) is 4.74 Å². The van der Waals surface area contributed by atoms with Crippen molar-refractivity contribution in [2.24, 2.45) is 0 Å². The molecule has 1 fully saturated rings. The van der Waals surface area contributed by atoms with Crippen LogP contribution >= 0.6 is 0 Å². The molecule has 4 atom stereocenters. The molecule has 9 nitrogen and oxygen atoms in total. The van der Waals surface area contributed by atoms with E-state index in [2.05, 4.69) is 15.0 Å². The summed E-state index contributed by atoms with van der Waals surface area (Å²) >= 11 is 0. The third-order valence-electron chi connectivity index (χ3n) is 3.57. The van der Waals surface area contributed by atoms with Gasteiger partial charge in [-0.25, -0.2) is 15.0 Å². The van der Waals surface area contributed by atoms with Gasteiger partial charge in [0.1, 0.15) is 29.7 Å². The minimum Gasteiger partial charge on any atom is -0.394 e. The number of ether oxygens (including phenoxy) is 1. The summed E-state index contributed by atoms with van der Waals surface area (Å²) in [4.78, 5) is 12.0. The lowest BCUT2D eigenvalue weighted by molar-refractivity contribution is -0.0950. The molecule has 20 heavy (non-hydrogen) atoms. The van der Waals surface area contributed by atoms with Crippen molar-refractivity contribution >= 4 is 17.0 Å². The zero-order valence-electron chi connectivity index (χ0n) is 10.7. The zero-order valence-corrected chi connectivity index (χ0v) is 10.7. The van der Waals surface area contributed by atoms with Crippen LogP contribution in [-0.4, -0.2) is 59.3 Å². The highest BCUT2D eigenvalue weighted by molar-refractivity contribution is 5.81. The van der Waals surface area contributed by atoms with Crippen molar-refractivity contribution in [2.75, 3.05) is 12.3 Å². The lowest BCUT2D eigenvalue weighted by Crippen LogP contribution is -2.44. The van der Waals surface area contributed by atoms with E-state index in [0.717, 1.165) is 0 Å². The summed E-state index contributed by atoms with van der Waals surface area (Å²) < 4.78 is 6.97. The van der Waals surface area contributed by atoms with E-state index in [-0.39, 0.29) is 5.82 Å². The molecule has 5 N–H and O–H groups in total. The van der Waals surface area contributed by atoms with E-state index >= 15 is 0 Å². The molecule has 108 valence electrons. The first-order valence-electron chi connectivity index (χ1n) is 6.06. The summed E-state index contributed by atoms with van der Waals surface area (Å²) in [5.41, 5.74) is 4.87. The Morgan fingerprint density at radius 1 is 1.45 bits per heavy atom. The van der Waals surface area contributed by atoms with Gasteiger partial charge in [0.2, 0.25) is 0 Å². The number of imidazole rings is 1. The maximum Gasteiger partial charge on any atom is 0.168 e. The molecule has 0 saturated carbocycles. The number of aromatic nitrogens is 4. The number of hydrogen-bond donors (Lipinski definition) is 4. The molecule has 0 bridgehead atoms. The van der Waals surface area contributed by atoms with Gasteiger partial charge in [0.25, 0.3) is 0 Å². The highest BCUT2D eigenvalue weighted by Crippen LogP contribution is 2.39. The van der Waals surface area contributed by atoms with E-state index in [1.807, 2.05) is 0 Å². The van der Waals surface area contributed by atoms with Crippen LogP contribution in [0.3, 0.4) is 0 Å². The first kappa shape index (κ1) is 13.2. The van der Waals surface area contributed by atoms with Gasteiger partial charge in [0.05, 0.1) is 12.9 Å². The minimum absolute atomic E-state index is 0.214. The molecule has 3 heterocycles. The van der Waals surface area contributed by atoms with E-state index in [4.69, 9.17) is 10.5 Å².